The predicted octanol–water partition coefficient (Wildman–Crippen LogP) is 1.69. The molecule has 0 radical (unpaired) electrons. The lowest BCUT2D eigenvalue weighted by atomic mass is 9.89. The molecule has 2 unspecified atom stereocenters. The van der Waals surface area contributed by atoms with Gasteiger partial charge in [0, 0.05) is 6.20 Å². The molecule has 2 rings (SSSR count). The molecular formula is C12H18N2O3S. The molecule has 2 atom stereocenters. The fourth-order valence-electron chi connectivity index (χ4n) is 2.32. The van der Waals surface area contributed by atoms with Crippen molar-refractivity contribution in [2.75, 3.05) is 0 Å². The molecule has 1 aromatic rings. The van der Waals surface area contributed by atoms with Gasteiger partial charge in [-0.1, -0.05) is 13.3 Å². The number of nitrogens with two attached hydrogens (primary N) is 1. The number of nitrogens with zero attached hydrogens (tertiary/aromatic N) is 1. The van der Waals surface area contributed by atoms with Gasteiger partial charge in [-0.05, 0) is 37.3 Å². The Bertz CT molecular complexity index is 516. The second kappa shape index (κ2) is 5.24. The molecule has 2 N–H and O–H groups in total. The minimum Gasteiger partial charge on any atom is -0.473 e. The van der Waals surface area contributed by atoms with Gasteiger partial charge < -0.3 is 4.74 Å². The summed E-state index contributed by atoms with van der Waals surface area (Å²) in [7, 11) is -3.79. The van der Waals surface area contributed by atoms with Gasteiger partial charge in [-0.2, -0.15) is 0 Å². The zero-order chi connectivity index (χ0) is 13.2. The van der Waals surface area contributed by atoms with E-state index in [0.717, 1.165) is 19.3 Å². The number of aromatic nitrogens is 1. The van der Waals surface area contributed by atoms with Crippen LogP contribution in [0.3, 0.4) is 0 Å². The molecule has 6 heteroatoms. The number of ether oxygens (including phenoxy) is 1. The van der Waals surface area contributed by atoms with Crippen molar-refractivity contribution in [3.05, 3.63) is 18.3 Å². The lowest BCUT2D eigenvalue weighted by Crippen LogP contribution is -2.25. The number of sulfonamides is 1. The summed E-state index contributed by atoms with van der Waals surface area (Å²) in [5.41, 5.74) is 0. The molecule has 0 aliphatic heterocycles. The minimum atomic E-state index is -3.79. The van der Waals surface area contributed by atoms with E-state index in [0.29, 0.717) is 5.92 Å². The number of rotatable bonds is 3. The summed E-state index contributed by atoms with van der Waals surface area (Å²) < 4.78 is 28.5. The molecule has 1 aromatic heterocycles. The molecule has 18 heavy (non-hydrogen) atoms. The first-order valence-electron chi connectivity index (χ1n) is 6.11. The first-order chi connectivity index (χ1) is 8.47. The number of primary sulfonamides is 1. The topological polar surface area (TPSA) is 82.3 Å². The molecule has 1 aliphatic rings. The summed E-state index contributed by atoms with van der Waals surface area (Å²) in [5.74, 6) is 0.726. The maximum absolute atomic E-state index is 11.4. The molecule has 0 bridgehead atoms. The fourth-order valence-corrected chi connectivity index (χ4v) is 2.94. The molecule has 1 aliphatic carbocycles. The zero-order valence-electron chi connectivity index (χ0n) is 10.4. The third kappa shape index (κ3) is 3.20. The first-order valence-corrected chi connectivity index (χ1v) is 7.66. The van der Waals surface area contributed by atoms with Crippen molar-refractivity contribution in [3.8, 4) is 5.88 Å². The summed E-state index contributed by atoms with van der Waals surface area (Å²) in [4.78, 5) is 3.94. The van der Waals surface area contributed by atoms with Crippen molar-refractivity contribution < 1.29 is 13.2 Å². The van der Waals surface area contributed by atoms with Crippen LogP contribution in [0.25, 0.3) is 0 Å². The molecule has 1 fully saturated rings. The van der Waals surface area contributed by atoms with Crippen LogP contribution in [-0.4, -0.2) is 19.5 Å². The van der Waals surface area contributed by atoms with E-state index in [1.165, 1.54) is 24.8 Å². The van der Waals surface area contributed by atoms with Gasteiger partial charge in [0.25, 0.3) is 0 Å². The summed E-state index contributed by atoms with van der Waals surface area (Å²) in [6, 6.07) is 2.96. The van der Waals surface area contributed by atoms with Crippen molar-refractivity contribution in [2.24, 2.45) is 11.1 Å². The molecule has 100 valence electrons. The Labute approximate surface area is 107 Å². The Balaban J connectivity index is 2.19. The van der Waals surface area contributed by atoms with E-state index in [1.54, 1.807) is 0 Å². The monoisotopic (exact) mass is 270 g/mol. The quantitative estimate of drug-likeness (QED) is 0.906. The van der Waals surface area contributed by atoms with Crippen molar-refractivity contribution >= 4 is 10.0 Å². The van der Waals surface area contributed by atoms with Crippen molar-refractivity contribution in [1.29, 1.82) is 0 Å². The molecule has 0 saturated heterocycles. The van der Waals surface area contributed by atoms with Crippen LogP contribution < -0.4 is 9.88 Å². The lowest BCUT2D eigenvalue weighted by Gasteiger charge is -2.27. The van der Waals surface area contributed by atoms with E-state index in [9.17, 15) is 8.42 Å². The highest BCUT2D eigenvalue weighted by molar-refractivity contribution is 7.89. The van der Waals surface area contributed by atoms with E-state index in [-0.39, 0.29) is 16.9 Å². The second-order valence-corrected chi connectivity index (χ2v) is 6.39. The highest BCUT2D eigenvalue weighted by Gasteiger charge is 2.23. The number of hydrogen-bond donors (Lipinski definition) is 1. The van der Waals surface area contributed by atoms with Gasteiger partial charge in [0.2, 0.25) is 15.9 Å². The van der Waals surface area contributed by atoms with E-state index in [1.807, 2.05) is 0 Å². The highest BCUT2D eigenvalue weighted by Crippen LogP contribution is 2.28. The standard InChI is InChI=1S/C12H18N2O3S/c1-9-4-2-5-10(8-9)17-12-11(18(13,15)16)6-3-7-14-12/h3,6-7,9-10H,2,4-5,8H2,1H3,(H2,13,15,16). The summed E-state index contributed by atoms with van der Waals surface area (Å²) in [5, 5.41) is 5.14. The highest BCUT2D eigenvalue weighted by atomic mass is 32.2. The third-order valence-corrected chi connectivity index (χ3v) is 4.13. The Morgan fingerprint density at radius 1 is 1.44 bits per heavy atom. The minimum absolute atomic E-state index is 0.0316. The van der Waals surface area contributed by atoms with E-state index in [2.05, 4.69) is 11.9 Å². The summed E-state index contributed by atoms with van der Waals surface area (Å²) in [6.45, 7) is 2.18. The molecule has 5 nitrogen and oxygen atoms in total. The predicted molar refractivity (Wildman–Crippen MR) is 67.7 cm³/mol. The van der Waals surface area contributed by atoms with E-state index >= 15 is 0 Å². The van der Waals surface area contributed by atoms with E-state index in [4.69, 9.17) is 9.88 Å². The molecule has 1 saturated carbocycles. The van der Waals surface area contributed by atoms with Gasteiger partial charge in [-0.25, -0.2) is 18.5 Å². The molecular weight excluding hydrogens is 252 g/mol. The van der Waals surface area contributed by atoms with Gasteiger partial charge in [0.05, 0.1) is 0 Å². The Morgan fingerprint density at radius 2 is 2.22 bits per heavy atom. The van der Waals surface area contributed by atoms with Crippen LogP contribution in [0.4, 0.5) is 0 Å². The summed E-state index contributed by atoms with van der Waals surface area (Å²) in [6.07, 6.45) is 5.71. The maximum atomic E-state index is 11.4. The van der Waals surface area contributed by atoms with Crippen LogP contribution in [0.1, 0.15) is 32.6 Å². The van der Waals surface area contributed by atoms with Crippen LogP contribution in [0.5, 0.6) is 5.88 Å². The fraction of sp³-hybridized carbons (Fsp3) is 0.583. The van der Waals surface area contributed by atoms with Crippen molar-refractivity contribution in [2.45, 2.75) is 43.6 Å². The average Bonchev–Trinajstić information content (AvgIpc) is 2.28. The molecule has 0 spiro atoms. The van der Waals surface area contributed by atoms with Crippen LogP contribution >= 0.6 is 0 Å². The SMILES string of the molecule is CC1CCCC(Oc2ncccc2S(N)(=O)=O)C1. The summed E-state index contributed by atoms with van der Waals surface area (Å²) >= 11 is 0. The van der Waals surface area contributed by atoms with Crippen molar-refractivity contribution in [3.63, 3.8) is 0 Å². The Hall–Kier alpha value is -1.14. The smallest absolute Gasteiger partial charge is 0.243 e. The molecule has 0 amide bonds. The van der Waals surface area contributed by atoms with Crippen molar-refractivity contribution in [1.82, 2.24) is 4.98 Å². The molecule has 0 aromatic carbocycles. The van der Waals surface area contributed by atoms with Crippen LogP contribution in [0.2, 0.25) is 0 Å². The van der Waals surface area contributed by atoms with Gasteiger partial charge in [0.1, 0.15) is 11.0 Å². The first kappa shape index (κ1) is 13.3. The Kier molecular flexibility index (Phi) is 3.87. The van der Waals surface area contributed by atoms with Crippen LogP contribution in [0.15, 0.2) is 23.2 Å². The second-order valence-electron chi connectivity index (χ2n) is 4.86. The van der Waals surface area contributed by atoms with Crippen LogP contribution in [0, 0.1) is 5.92 Å². The third-order valence-electron chi connectivity index (χ3n) is 3.21. The Morgan fingerprint density at radius 3 is 2.89 bits per heavy atom. The van der Waals surface area contributed by atoms with E-state index < -0.39 is 10.0 Å². The normalized spacial score (nSPS) is 24.8. The van der Waals surface area contributed by atoms with Gasteiger partial charge in [-0.15, -0.1) is 0 Å². The van der Waals surface area contributed by atoms with Gasteiger partial charge in [0.15, 0.2) is 0 Å². The number of hydrogen-bond acceptors (Lipinski definition) is 4. The zero-order valence-corrected chi connectivity index (χ0v) is 11.2. The van der Waals surface area contributed by atoms with Gasteiger partial charge in [-0.3, -0.25) is 0 Å². The average molecular weight is 270 g/mol. The van der Waals surface area contributed by atoms with Gasteiger partial charge >= 0.3 is 0 Å². The van der Waals surface area contributed by atoms with Crippen LogP contribution in [-0.2, 0) is 10.0 Å². The maximum Gasteiger partial charge on any atom is 0.243 e. The lowest BCUT2D eigenvalue weighted by molar-refractivity contribution is 0.120. The molecule has 1 heterocycles. The largest absolute Gasteiger partial charge is 0.473 e. The number of pyridine rings is 1.